The monoisotopic (exact) mass is 248 g/mol. The van der Waals surface area contributed by atoms with Gasteiger partial charge in [-0.3, -0.25) is 4.79 Å². The first-order chi connectivity index (χ1) is 8.84. The Kier molecular flexibility index (Phi) is 5.02. The summed E-state index contributed by atoms with van der Waals surface area (Å²) in [4.78, 5) is 11.6. The van der Waals surface area contributed by atoms with E-state index < -0.39 is 0 Å². The van der Waals surface area contributed by atoms with Crippen molar-refractivity contribution >= 4 is 5.91 Å². The van der Waals surface area contributed by atoms with Gasteiger partial charge in [0.2, 0.25) is 5.91 Å². The number of ether oxygens (including phenoxy) is 1. The highest BCUT2D eigenvalue weighted by Gasteiger charge is 2.16. The van der Waals surface area contributed by atoms with Crippen molar-refractivity contribution in [2.45, 2.75) is 25.3 Å². The molecule has 0 aliphatic carbocycles. The van der Waals surface area contributed by atoms with Crippen molar-refractivity contribution in [1.82, 2.24) is 10.6 Å². The molecule has 0 radical (unpaired) electrons. The van der Waals surface area contributed by atoms with Gasteiger partial charge in [0.15, 0.2) is 0 Å². The third-order valence-electron chi connectivity index (χ3n) is 3.03. The summed E-state index contributed by atoms with van der Waals surface area (Å²) in [6.45, 7) is 2.10. The van der Waals surface area contributed by atoms with Gasteiger partial charge in [-0.05, 0) is 31.5 Å². The molecule has 18 heavy (non-hydrogen) atoms. The van der Waals surface area contributed by atoms with Crippen LogP contribution in [0.4, 0.5) is 0 Å². The Hall–Kier alpha value is -1.55. The summed E-state index contributed by atoms with van der Waals surface area (Å²) >= 11 is 0. The molecule has 0 spiro atoms. The number of rotatable bonds is 6. The summed E-state index contributed by atoms with van der Waals surface area (Å²) in [5, 5.41) is 6.19. The highest BCUT2D eigenvalue weighted by Crippen LogP contribution is 2.08. The summed E-state index contributed by atoms with van der Waals surface area (Å²) in [6.07, 6.45) is 2.86. The van der Waals surface area contributed by atoms with Gasteiger partial charge in [0.1, 0.15) is 12.4 Å². The molecule has 4 nitrogen and oxygen atoms in total. The van der Waals surface area contributed by atoms with Crippen LogP contribution in [0, 0.1) is 0 Å². The highest BCUT2D eigenvalue weighted by molar-refractivity contribution is 5.76. The number of nitrogens with one attached hydrogen (secondary N) is 2. The highest BCUT2D eigenvalue weighted by atomic mass is 16.5. The molecule has 0 aromatic heterocycles. The molecule has 4 heteroatoms. The number of hydrogen-bond donors (Lipinski definition) is 2. The lowest BCUT2D eigenvalue weighted by Crippen LogP contribution is -2.33. The van der Waals surface area contributed by atoms with E-state index in [0.29, 0.717) is 25.6 Å². The van der Waals surface area contributed by atoms with Gasteiger partial charge in [0.05, 0.1) is 6.54 Å². The van der Waals surface area contributed by atoms with E-state index in [9.17, 15) is 4.79 Å². The fourth-order valence-corrected chi connectivity index (χ4v) is 2.10. The van der Waals surface area contributed by atoms with Crippen LogP contribution in [0.1, 0.15) is 19.3 Å². The molecule has 1 amide bonds. The van der Waals surface area contributed by atoms with Crippen LogP contribution in [-0.2, 0) is 4.79 Å². The van der Waals surface area contributed by atoms with Crippen molar-refractivity contribution in [3.63, 3.8) is 0 Å². The second-order valence-corrected chi connectivity index (χ2v) is 4.51. The lowest BCUT2D eigenvalue weighted by molar-refractivity contribution is -0.121. The van der Waals surface area contributed by atoms with Crippen molar-refractivity contribution in [3.8, 4) is 5.75 Å². The zero-order chi connectivity index (χ0) is 12.6. The van der Waals surface area contributed by atoms with Crippen molar-refractivity contribution in [3.05, 3.63) is 30.3 Å². The van der Waals surface area contributed by atoms with Crippen LogP contribution in [0.2, 0.25) is 0 Å². The van der Waals surface area contributed by atoms with Gasteiger partial charge in [-0.25, -0.2) is 0 Å². The second kappa shape index (κ2) is 7.01. The van der Waals surface area contributed by atoms with Gasteiger partial charge in [-0.2, -0.15) is 0 Å². The molecule has 1 heterocycles. The van der Waals surface area contributed by atoms with Gasteiger partial charge in [-0.1, -0.05) is 18.2 Å². The smallest absolute Gasteiger partial charge is 0.221 e. The number of benzene rings is 1. The normalized spacial score (nSPS) is 18.6. The van der Waals surface area contributed by atoms with Gasteiger partial charge in [-0.15, -0.1) is 0 Å². The molecule has 1 aliphatic rings. The SMILES string of the molecule is O=C(CC1CCCN1)NCCOc1ccccc1. The van der Waals surface area contributed by atoms with E-state index in [1.807, 2.05) is 30.3 Å². The Morgan fingerprint density at radius 2 is 2.22 bits per heavy atom. The van der Waals surface area contributed by atoms with Crippen LogP contribution in [0.25, 0.3) is 0 Å². The largest absolute Gasteiger partial charge is 0.492 e. The minimum absolute atomic E-state index is 0.103. The van der Waals surface area contributed by atoms with Gasteiger partial charge < -0.3 is 15.4 Å². The minimum Gasteiger partial charge on any atom is -0.492 e. The number of hydrogen-bond acceptors (Lipinski definition) is 3. The molecule has 0 saturated carbocycles. The quantitative estimate of drug-likeness (QED) is 0.747. The van der Waals surface area contributed by atoms with Gasteiger partial charge in [0, 0.05) is 12.5 Å². The number of carbonyl (C=O) groups is 1. The first-order valence-corrected chi connectivity index (χ1v) is 6.52. The topological polar surface area (TPSA) is 50.4 Å². The third kappa shape index (κ3) is 4.37. The van der Waals surface area contributed by atoms with Crippen LogP contribution < -0.4 is 15.4 Å². The average Bonchev–Trinajstić information content (AvgIpc) is 2.89. The molecule has 1 aromatic rings. The summed E-state index contributed by atoms with van der Waals surface area (Å²) < 4.78 is 5.50. The summed E-state index contributed by atoms with van der Waals surface area (Å²) in [5.74, 6) is 0.940. The predicted molar refractivity (Wildman–Crippen MR) is 70.6 cm³/mol. The van der Waals surface area contributed by atoms with Crippen molar-refractivity contribution in [1.29, 1.82) is 0 Å². The maximum absolute atomic E-state index is 11.6. The number of amides is 1. The maximum Gasteiger partial charge on any atom is 0.221 e. The molecule has 1 aromatic carbocycles. The van der Waals surface area contributed by atoms with Gasteiger partial charge >= 0.3 is 0 Å². The van der Waals surface area contributed by atoms with Crippen LogP contribution >= 0.6 is 0 Å². The van der Waals surface area contributed by atoms with Gasteiger partial charge in [0.25, 0.3) is 0 Å². The van der Waals surface area contributed by atoms with E-state index in [1.165, 1.54) is 6.42 Å². The Bertz CT molecular complexity index is 361. The molecule has 1 aliphatic heterocycles. The summed E-state index contributed by atoms with van der Waals surface area (Å²) in [6, 6.07) is 9.98. The fraction of sp³-hybridized carbons (Fsp3) is 0.500. The molecule has 98 valence electrons. The molecular weight excluding hydrogens is 228 g/mol. The minimum atomic E-state index is 0.103. The van der Waals surface area contributed by atoms with E-state index in [4.69, 9.17) is 4.74 Å². The molecule has 1 fully saturated rings. The van der Waals surface area contributed by atoms with E-state index >= 15 is 0 Å². The molecule has 2 N–H and O–H groups in total. The Morgan fingerprint density at radius 3 is 2.94 bits per heavy atom. The number of para-hydroxylation sites is 1. The third-order valence-corrected chi connectivity index (χ3v) is 3.03. The van der Waals surface area contributed by atoms with E-state index in [-0.39, 0.29) is 5.91 Å². The first kappa shape index (κ1) is 12.9. The molecule has 1 unspecified atom stereocenters. The molecule has 1 atom stereocenters. The van der Waals surface area contributed by atoms with Crippen LogP contribution in [0.15, 0.2) is 30.3 Å². The lowest BCUT2D eigenvalue weighted by Gasteiger charge is -2.11. The van der Waals surface area contributed by atoms with Crippen molar-refractivity contribution < 1.29 is 9.53 Å². The molecule has 2 rings (SSSR count). The molecule has 1 saturated heterocycles. The molecular formula is C14H20N2O2. The van der Waals surface area contributed by atoms with Crippen LogP contribution in [0.5, 0.6) is 5.75 Å². The van der Waals surface area contributed by atoms with E-state index in [2.05, 4.69) is 10.6 Å². The zero-order valence-electron chi connectivity index (χ0n) is 10.5. The average molecular weight is 248 g/mol. The van der Waals surface area contributed by atoms with Crippen LogP contribution in [-0.4, -0.2) is 31.6 Å². The molecule has 0 bridgehead atoms. The Morgan fingerprint density at radius 1 is 1.39 bits per heavy atom. The lowest BCUT2D eigenvalue weighted by atomic mass is 10.1. The van der Waals surface area contributed by atoms with Crippen molar-refractivity contribution in [2.75, 3.05) is 19.7 Å². The maximum atomic E-state index is 11.6. The van der Waals surface area contributed by atoms with Crippen molar-refractivity contribution in [2.24, 2.45) is 0 Å². The standard InChI is InChI=1S/C14H20N2O2/c17-14(11-12-5-4-8-15-12)16-9-10-18-13-6-2-1-3-7-13/h1-3,6-7,12,15H,4-5,8-11H2,(H,16,17). The predicted octanol–water partition coefficient (Wildman–Crippen LogP) is 1.32. The second-order valence-electron chi connectivity index (χ2n) is 4.51. The summed E-state index contributed by atoms with van der Waals surface area (Å²) in [7, 11) is 0. The van der Waals surface area contributed by atoms with E-state index in [0.717, 1.165) is 18.7 Å². The Balaban J connectivity index is 1.56. The zero-order valence-corrected chi connectivity index (χ0v) is 10.5. The Labute approximate surface area is 108 Å². The summed E-state index contributed by atoms with van der Waals surface area (Å²) in [5.41, 5.74) is 0. The fourth-order valence-electron chi connectivity index (χ4n) is 2.10. The van der Waals surface area contributed by atoms with Crippen LogP contribution in [0.3, 0.4) is 0 Å². The van der Waals surface area contributed by atoms with E-state index in [1.54, 1.807) is 0 Å². The first-order valence-electron chi connectivity index (χ1n) is 6.52. The number of carbonyl (C=O) groups excluding carboxylic acids is 1.